The molecule has 1 heterocycles. The maximum Gasteiger partial charge on any atom is 0.251 e. The molecule has 0 amide bonds. The number of hydrogen-bond donors (Lipinski definition) is 2. The zero-order valence-corrected chi connectivity index (χ0v) is 12.0. The second-order valence-corrected chi connectivity index (χ2v) is 5.60. The molecule has 1 aromatic heterocycles. The number of rotatable bonds is 3. The Balaban J connectivity index is 2.30. The lowest BCUT2D eigenvalue weighted by Gasteiger charge is -2.08. The number of aromatic nitrogens is 2. The first-order valence-electron chi connectivity index (χ1n) is 5.69. The molecule has 0 aliphatic carbocycles. The predicted octanol–water partition coefficient (Wildman–Crippen LogP) is 2.94. The molecule has 6 heteroatoms. The van der Waals surface area contributed by atoms with Gasteiger partial charge >= 0.3 is 0 Å². The van der Waals surface area contributed by atoms with Crippen molar-refractivity contribution in [1.82, 2.24) is 9.97 Å². The number of aryl methyl sites for hydroxylation is 1. The number of benzene rings is 1. The molecule has 1 aromatic carbocycles. The van der Waals surface area contributed by atoms with E-state index in [9.17, 15) is 9.90 Å². The lowest BCUT2D eigenvalue weighted by Crippen LogP contribution is -2.07. The van der Waals surface area contributed by atoms with Gasteiger partial charge in [-0.25, -0.2) is 4.98 Å². The maximum absolute atomic E-state index is 11.4. The van der Waals surface area contributed by atoms with Gasteiger partial charge in [-0.3, -0.25) is 4.79 Å². The zero-order chi connectivity index (χ0) is 14.0. The van der Waals surface area contributed by atoms with Crippen LogP contribution in [0.4, 0.5) is 0 Å². The largest absolute Gasteiger partial charge is 0.389 e. The smallest absolute Gasteiger partial charge is 0.251 e. The fourth-order valence-electron chi connectivity index (χ4n) is 1.56. The standard InChI is InChI=1S/C13H13ClN2O2S/c1-7-5-12(18)16-13(15-7)19-11-4-3-9(8(2)17)6-10(11)14/h3-6,8,17H,1-2H3,(H,15,16,18). The van der Waals surface area contributed by atoms with Crippen LogP contribution >= 0.6 is 23.4 Å². The highest BCUT2D eigenvalue weighted by molar-refractivity contribution is 7.99. The number of H-pyrrole nitrogens is 1. The Hall–Kier alpha value is -1.30. The molecule has 0 bridgehead atoms. The minimum absolute atomic E-state index is 0.188. The van der Waals surface area contributed by atoms with Gasteiger partial charge in [-0.05, 0) is 31.5 Å². The second kappa shape index (κ2) is 5.77. The third kappa shape index (κ3) is 3.59. The highest BCUT2D eigenvalue weighted by atomic mass is 35.5. The average molecular weight is 297 g/mol. The molecule has 1 unspecified atom stereocenters. The van der Waals surface area contributed by atoms with Crippen LogP contribution in [0.2, 0.25) is 5.02 Å². The molecule has 0 fully saturated rings. The van der Waals surface area contributed by atoms with E-state index < -0.39 is 6.10 Å². The highest BCUT2D eigenvalue weighted by Crippen LogP contribution is 2.32. The Labute approximate surface area is 119 Å². The number of halogens is 1. The monoisotopic (exact) mass is 296 g/mol. The minimum atomic E-state index is -0.562. The van der Waals surface area contributed by atoms with Crippen LogP contribution in [0, 0.1) is 6.92 Å². The summed E-state index contributed by atoms with van der Waals surface area (Å²) in [6, 6.07) is 6.74. The van der Waals surface area contributed by atoms with Crippen LogP contribution in [0.3, 0.4) is 0 Å². The van der Waals surface area contributed by atoms with E-state index in [1.54, 1.807) is 32.0 Å². The van der Waals surface area contributed by atoms with E-state index in [1.807, 2.05) is 0 Å². The van der Waals surface area contributed by atoms with Crippen molar-refractivity contribution in [2.45, 2.75) is 30.0 Å². The van der Waals surface area contributed by atoms with Gasteiger partial charge in [0, 0.05) is 16.7 Å². The van der Waals surface area contributed by atoms with E-state index in [4.69, 9.17) is 11.6 Å². The summed E-state index contributed by atoms with van der Waals surface area (Å²) in [5.41, 5.74) is 1.22. The highest BCUT2D eigenvalue weighted by Gasteiger charge is 2.08. The average Bonchev–Trinajstić information content (AvgIpc) is 2.30. The Morgan fingerprint density at radius 2 is 2.16 bits per heavy atom. The van der Waals surface area contributed by atoms with Crippen LogP contribution in [0.1, 0.15) is 24.3 Å². The van der Waals surface area contributed by atoms with Gasteiger partial charge in [-0.2, -0.15) is 0 Å². The number of nitrogens with one attached hydrogen (secondary N) is 1. The third-order valence-electron chi connectivity index (χ3n) is 2.49. The Bertz CT molecular complexity index is 655. The summed E-state index contributed by atoms with van der Waals surface area (Å²) in [4.78, 5) is 19.0. The Morgan fingerprint density at radius 3 is 2.74 bits per heavy atom. The van der Waals surface area contributed by atoms with Gasteiger partial charge in [0.15, 0.2) is 5.16 Å². The van der Waals surface area contributed by atoms with Gasteiger partial charge in [0.2, 0.25) is 0 Å². The molecular weight excluding hydrogens is 284 g/mol. The molecule has 0 saturated carbocycles. The summed E-state index contributed by atoms with van der Waals surface area (Å²) in [5, 5.41) is 10.5. The fraction of sp³-hybridized carbons (Fsp3) is 0.231. The van der Waals surface area contributed by atoms with Crippen molar-refractivity contribution in [2.24, 2.45) is 0 Å². The van der Waals surface area contributed by atoms with E-state index in [0.717, 1.165) is 10.5 Å². The first-order chi connectivity index (χ1) is 8.95. The topological polar surface area (TPSA) is 66.0 Å². The first-order valence-corrected chi connectivity index (χ1v) is 6.88. The van der Waals surface area contributed by atoms with Crippen molar-refractivity contribution in [3.8, 4) is 0 Å². The molecule has 0 spiro atoms. The summed E-state index contributed by atoms with van der Waals surface area (Å²) in [6.07, 6.45) is -0.562. The molecule has 2 aromatic rings. The molecule has 2 rings (SSSR count). The Morgan fingerprint density at radius 1 is 1.42 bits per heavy atom. The lowest BCUT2D eigenvalue weighted by molar-refractivity contribution is 0.199. The maximum atomic E-state index is 11.4. The van der Waals surface area contributed by atoms with Crippen molar-refractivity contribution in [1.29, 1.82) is 0 Å². The summed E-state index contributed by atoms with van der Waals surface area (Å²) in [5.74, 6) is 0. The van der Waals surface area contributed by atoms with E-state index in [1.165, 1.54) is 17.8 Å². The second-order valence-electron chi connectivity index (χ2n) is 4.16. The molecule has 0 saturated heterocycles. The van der Waals surface area contributed by atoms with Crippen LogP contribution in [0.15, 0.2) is 39.1 Å². The van der Waals surface area contributed by atoms with Gasteiger partial charge in [0.1, 0.15) is 0 Å². The lowest BCUT2D eigenvalue weighted by atomic mass is 10.1. The third-order valence-corrected chi connectivity index (χ3v) is 3.88. The van der Waals surface area contributed by atoms with E-state index in [-0.39, 0.29) is 5.56 Å². The van der Waals surface area contributed by atoms with Crippen molar-refractivity contribution >= 4 is 23.4 Å². The van der Waals surface area contributed by atoms with Gasteiger partial charge in [0.25, 0.3) is 5.56 Å². The Kier molecular flexibility index (Phi) is 4.29. The number of aliphatic hydroxyl groups is 1. The van der Waals surface area contributed by atoms with Crippen LogP contribution in [-0.4, -0.2) is 15.1 Å². The van der Waals surface area contributed by atoms with Crippen LogP contribution in [0.25, 0.3) is 0 Å². The molecular formula is C13H13ClN2O2S. The predicted molar refractivity (Wildman–Crippen MR) is 75.8 cm³/mol. The summed E-state index contributed by atoms with van der Waals surface area (Å²) >= 11 is 7.43. The van der Waals surface area contributed by atoms with Crippen molar-refractivity contribution < 1.29 is 5.11 Å². The van der Waals surface area contributed by atoms with Gasteiger partial charge in [-0.15, -0.1) is 0 Å². The number of hydrogen-bond acceptors (Lipinski definition) is 4. The number of aromatic amines is 1. The molecule has 0 aliphatic heterocycles. The molecule has 2 N–H and O–H groups in total. The molecule has 0 aliphatic rings. The molecule has 1 atom stereocenters. The molecule has 100 valence electrons. The summed E-state index contributed by atoms with van der Waals surface area (Å²) in [7, 11) is 0. The van der Waals surface area contributed by atoms with Gasteiger partial charge in [0.05, 0.1) is 11.1 Å². The van der Waals surface area contributed by atoms with Gasteiger partial charge < -0.3 is 10.1 Å². The zero-order valence-electron chi connectivity index (χ0n) is 10.5. The van der Waals surface area contributed by atoms with Gasteiger partial charge in [-0.1, -0.05) is 29.4 Å². The van der Waals surface area contributed by atoms with E-state index in [2.05, 4.69) is 9.97 Å². The van der Waals surface area contributed by atoms with Crippen LogP contribution in [-0.2, 0) is 0 Å². The van der Waals surface area contributed by atoms with Crippen molar-refractivity contribution in [3.05, 3.63) is 50.9 Å². The summed E-state index contributed by atoms with van der Waals surface area (Å²) in [6.45, 7) is 3.44. The van der Waals surface area contributed by atoms with Crippen molar-refractivity contribution in [3.63, 3.8) is 0 Å². The molecule has 0 radical (unpaired) electrons. The fourth-order valence-corrected chi connectivity index (χ4v) is 2.71. The van der Waals surface area contributed by atoms with Crippen LogP contribution in [0.5, 0.6) is 0 Å². The SMILES string of the molecule is Cc1cc(=O)[nH]c(Sc2ccc(C(C)O)cc2Cl)n1. The summed E-state index contributed by atoms with van der Waals surface area (Å²) < 4.78 is 0. The van der Waals surface area contributed by atoms with Crippen LogP contribution < -0.4 is 5.56 Å². The minimum Gasteiger partial charge on any atom is -0.389 e. The molecule has 4 nitrogen and oxygen atoms in total. The molecule has 19 heavy (non-hydrogen) atoms. The van der Waals surface area contributed by atoms with E-state index in [0.29, 0.717) is 15.9 Å². The quantitative estimate of drug-likeness (QED) is 0.855. The first kappa shape index (κ1) is 14.1. The number of aliphatic hydroxyl groups excluding tert-OH is 1. The number of nitrogens with zero attached hydrogens (tertiary/aromatic N) is 1. The van der Waals surface area contributed by atoms with E-state index >= 15 is 0 Å². The van der Waals surface area contributed by atoms with Crippen molar-refractivity contribution in [2.75, 3.05) is 0 Å². The normalized spacial score (nSPS) is 12.4.